The number of carbonyl (C=O) groups excluding carboxylic acids is 1. The van der Waals surface area contributed by atoms with Gasteiger partial charge in [-0.15, -0.1) is 0 Å². The molecule has 1 aliphatic heterocycles. The number of nitrogens with one attached hydrogen (secondary N) is 1. The van der Waals surface area contributed by atoms with Crippen molar-refractivity contribution in [3.8, 4) is 0 Å². The molecule has 1 aromatic heterocycles. The van der Waals surface area contributed by atoms with E-state index in [2.05, 4.69) is 20.9 Å². The molecule has 2 amide bonds. The first-order chi connectivity index (χ1) is 11.3. The molecule has 1 saturated heterocycles. The van der Waals surface area contributed by atoms with E-state index in [1.807, 2.05) is 29.4 Å². The summed E-state index contributed by atoms with van der Waals surface area (Å²) in [7, 11) is 0. The van der Waals surface area contributed by atoms with Gasteiger partial charge >= 0.3 is 6.03 Å². The lowest BCUT2D eigenvalue weighted by atomic mass is 9.99. The highest BCUT2D eigenvalue weighted by Gasteiger charge is 2.22. The van der Waals surface area contributed by atoms with Gasteiger partial charge in [-0.2, -0.15) is 0 Å². The van der Waals surface area contributed by atoms with Gasteiger partial charge in [-0.25, -0.2) is 9.78 Å². The van der Waals surface area contributed by atoms with Crippen LogP contribution in [0.15, 0.2) is 30.6 Å². The third-order valence-electron chi connectivity index (χ3n) is 4.44. The monoisotopic (exact) mass is 316 g/mol. The number of fused-ring (bicyclic) bond motifs is 1. The van der Waals surface area contributed by atoms with Crippen molar-refractivity contribution in [3.63, 3.8) is 0 Å². The Bertz CT molecular complexity index is 655. The van der Waals surface area contributed by atoms with Gasteiger partial charge in [-0.3, -0.25) is 0 Å². The van der Waals surface area contributed by atoms with Crippen molar-refractivity contribution in [1.29, 1.82) is 0 Å². The summed E-state index contributed by atoms with van der Waals surface area (Å²) in [6.07, 6.45) is 4.69. The van der Waals surface area contributed by atoms with Gasteiger partial charge in [0, 0.05) is 32.8 Å². The number of benzene rings is 1. The molecule has 3 rings (SSSR count). The highest BCUT2D eigenvalue weighted by molar-refractivity contribution is 5.75. The van der Waals surface area contributed by atoms with Gasteiger partial charge in [0.05, 0.1) is 17.4 Å². The van der Waals surface area contributed by atoms with Crippen molar-refractivity contribution in [2.24, 2.45) is 5.92 Å². The first-order valence-electron chi connectivity index (χ1n) is 8.31. The highest BCUT2D eigenvalue weighted by atomic mass is 16.3. The molecular weight excluding hydrogens is 292 g/mol. The van der Waals surface area contributed by atoms with Crippen LogP contribution in [0.4, 0.5) is 4.79 Å². The Hall–Kier alpha value is -2.08. The topological polar surface area (TPSA) is 70.4 Å². The number of aromatic nitrogens is 2. The van der Waals surface area contributed by atoms with Gasteiger partial charge in [0.1, 0.15) is 0 Å². The first kappa shape index (κ1) is 15.8. The fourth-order valence-corrected chi connectivity index (χ4v) is 3.14. The normalized spacial score (nSPS) is 18.3. The zero-order valence-electron chi connectivity index (χ0n) is 13.3. The van der Waals surface area contributed by atoms with E-state index in [4.69, 9.17) is 0 Å². The van der Waals surface area contributed by atoms with Crippen LogP contribution in [0, 0.1) is 5.92 Å². The molecule has 0 saturated carbocycles. The van der Waals surface area contributed by atoms with Crippen LogP contribution < -0.4 is 5.32 Å². The average molecular weight is 316 g/mol. The summed E-state index contributed by atoms with van der Waals surface area (Å²) < 4.78 is 2.12. The number of para-hydroxylation sites is 2. The number of hydrogen-bond donors (Lipinski definition) is 2. The van der Waals surface area contributed by atoms with Gasteiger partial charge in [-0.05, 0) is 37.3 Å². The van der Waals surface area contributed by atoms with Crippen LogP contribution in [0.2, 0.25) is 0 Å². The molecule has 1 atom stereocenters. The summed E-state index contributed by atoms with van der Waals surface area (Å²) in [5.74, 6) is 0.229. The smallest absolute Gasteiger partial charge is 0.317 e. The number of carbonyl (C=O) groups is 1. The zero-order valence-corrected chi connectivity index (χ0v) is 13.3. The van der Waals surface area contributed by atoms with Crippen molar-refractivity contribution in [2.75, 3.05) is 26.2 Å². The molecule has 124 valence electrons. The third kappa shape index (κ3) is 3.82. The Morgan fingerprint density at radius 3 is 3.13 bits per heavy atom. The number of nitrogens with zero attached hydrogens (tertiary/aromatic N) is 3. The van der Waals surface area contributed by atoms with E-state index in [1.165, 1.54) is 0 Å². The maximum atomic E-state index is 12.1. The minimum absolute atomic E-state index is 0.0151. The summed E-state index contributed by atoms with van der Waals surface area (Å²) >= 11 is 0. The second kappa shape index (κ2) is 7.46. The van der Waals surface area contributed by atoms with Gasteiger partial charge in [-0.1, -0.05) is 12.1 Å². The molecular formula is C17H24N4O2. The zero-order chi connectivity index (χ0) is 16.1. The van der Waals surface area contributed by atoms with Crippen LogP contribution in [-0.4, -0.2) is 51.8 Å². The average Bonchev–Trinajstić information content (AvgIpc) is 3.02. The van der Waals surface area contributed by atoms with Crippen molar-refractivity contribution in [1.82, 2.24) is 19.8 Å². The minimum atomic E-state index is -0.0151. The van der Waals surface area contributed by atoms with Crippen LogP contribution in [-0.2, 0) is 6.54 Å². The molecule has 0 bridgehead atoms. The number of urea groups is 1. The lowest BCUT2D eigenvalue weighted by molar-refractivity contribution is 0.129. The van der Waals surface area contributed by atoms with E-state index in [0.29, 0.717) is 13.1 Å². The number of imidazole rings is 1. The maximum absolute atomic E-state index is 12.1. The van der Waals surface area contributed by atoms with Crippen molar-refractivity contribution in [2.45, 2.75) is 25.8 Å². The van der Waals surface area contributed by atoms with E-state index in [1.54, 1.807) is 0 Å². The number of rotatable bonds is 5. The van der Waals surface area contributed by atoms with E-state index < -0.39 is 0 Å². The lowest BCUT2D eigenvalue weighted by Gasteiger charge is -2.31. The van der Waals surface area contributed by atoms with E-state index >= 15 is 0 Å². The van der Waals surface area contributed by atoms with E-state index in [9.17, 15) is 9.90 Å². The maximum Gasteiger partial charge on any atom is 0.317 e. The molecule has 0 spiro atoms. The number of aryl methyl sites for hydroxylation is 1. The number of aliphatic hydroxyl groups excluding tert-OH is 1. The molecule has 0 radical (unpaired) electrons. The van der Waals surface area contributed by atoms with Gasteiger partial charge in [0.2, 0.25) is 0 Å². The number of likely N-dealkylation sites (tertiary alicyclic amines) is 1. The fourth-order valence-electron chi connectivity index (χ4n) is 3.14. The second-order valence-electron chi connectivity index (χ2n) is 6.15. The minimum Gasteiger partial charge on any atom is -0.396 e. The molecule has 1 aromatic carbocycles. The summed E-state index contributed by atoms with van der Waals surface area (Å²) in [4.78, 5) is 18.3. The molecule has 23 heavy (non-hydrogen) atoms. The van der Waals surface area contributed by atoms with Crippen molar-refractivity contribution >= 4 is 17.1 Å². The molecule has 1 aliphatic rings. The summed E-state index contributed by atoms with van der Waals surface area (Å²) in [6, 6.07) is 8.04. The molecule has 1 unspecified atom stereocenters. The summed E-state index contributed by atoms with van der Waals surface area (Å²) in [5.41, 5.74) is 2.13. The quantitative estimate of drug-likeness (QED) is 0.827. The summed E-state index contributed by atoms with van der Waals surface area (Å²) in [6.45, 7) is 3.09. The van der Waals surface area contributed by atoms with E-state index in [0.717, 1.165) is 43.4 Å². The van der Waals surface area contributed by atoms with Crippen LogP contribution in [0.1, 0.15) is 19.3 Å². The molecule has 6 heteroatoms. The van der Waals surface area contributed by atoms with Crippen LogP contribution in [0.5, 0.6) is 0 Å². The standard InChI is InChI=1S/C17H24N4O2/c22-12-14-5-3-9-20(11-14)17(23)18-8-4-10-21-13-19-15-6-1-2-7-16(15)21/h1-2,6-7,13-14,22H,3-5,8-12H2,(H,18,23). The highest BCUT2D eigenvalue weighted by Crippen LogP contribution is 2.15. The van der Waals surface area contributed by atoms with Gasteiger partial charge in [0.25, 0.3) is 0 Å². The molecule has 0 aliphatic carbocycles. The van der Waals surface area contributed by atoms with Crippen molar-refractivity contribution < 1.29 is 9.90 Å². The largest absolute Gasteiger partial charge is 0.396 e. The number of aliphatic hydroxyl groups is 1. The van der Waals surface area contributed by atoms with E-state index in [-0.39, 0.29) is 18.6 Å². The molecule has 6 nitrogen and oxygen atoms in total. The predicted octanol–water partition coefficient (Wildman–Crippen LogP) is 1.84. The Balaban J connectivity index is 1.43. The Morgan fingerprint density at radius 1 is 1.39 bits per heavy atom. The first-order valence-corrected chi connectivity index (χ1v) is 8.31. The van der Waals surface area contributed by atoms with Gasteiger partial charge < -0.3 is 19.9 Å². The Morgan fingerprint density at radius 2 is 2.26 bits per heavy atom. The van der Waals surface area contributed by atoms with Crippen LogP contribution in [0.3, 0.4) is 0 Å². The number of hydrogen-bond acceptors (Lipinski definition) is 3. The molecule has 2 heterocycles. The van der Waals surface area contributed by atoms with Crippen LogP contribution in [0.25, 0.3) is 11.0 Å². The lowest BCUT2D eigenvalue weighted by Crippen LogP contribution is -2.46. The fraction of sp³-hybridized carbons (Fsp3) is 0.529. The third-order valence-corrected chi connectivity index (χ3v) is 4.44. The van der Waals surface area contributed by atoms with Gasteiger partial charge in [0.15, 0.2) is 0 Å². The molecule has 2 N–H and O–H groups in total. The predicted molar refractivity (Wildman–Crippen MR) is 89.1 cm³/mol. The second-order valence-corrected chi connectivity index (χ2v) is 6.15. The van der Waals surface area contributed by atoms with Crippen molar-refractivity contribution in [3.05, 3.63) is 30.6 Å². The Labute approximate surface area is 136 Å². The molecule has 1 fully saturated rings. The number of piperidine rings is 1. The molecule has 2 aromatic rings. The Kier molecular flexibility index (Phi) is 5.12. The van der Waals surface area contributed by atoms with Crippen LogP contribution >= 0.6 is 0 Å². The summed E-state index contributed by atoms with van der Waals surface area (Å²) in [5, 5.41) is 12.2. The number of amides is 2. The SMILES string of the molecule is O=C(NCCCn1cnc2ccccc21)N1CCCC(CO)C1.